The highest BCUT2D eigenvalue weighted by atomic mass is 32.2. The summed E-state index contributed by atoms with van der Waals surface area (Å²) in [5, 5.41) is 0. The van der Waals surface area contributed by atoms with Crippen LogP contribution in [0.25, 0.3) is 11.3 Å². The normalized spacial score (nSPS) is 11.1. The van der Waals surface area contributed by atoms with Gasteiger partial charge in [-0.05, 0) is 26.0 Å². The van der Waals surface area contributed by atoms with Crippen molar-refractivity contribution in [2.24, 2.45) is 0 Å². The molecule has 7 nitrogen and oxygen atoms in total. The molecule has 0 radical (unpaired) electrons. The summed E-state index contributed by atoms with van der Waals surface area (Å²) in [6.07, 6.45) is 0. The lowest BCUT2D eigenvalue weighted by Crippen LogP contribution is -2.18. The molecule has 1 N–H and O–H groups in total. The highest BCUT2D eigenvalue weighted by Crippen LogP contribution is 2.26. The zero-order valence-corrected chi connectivity index (χ0v) is 16.4. The van der Waals surface area contributed by atoms with Crippen LogP contribution in [0.2, 0.25) is 0 Å². The van der Waals surface area contributed by atoms with Gasteiger partial charge < -0.3 is 4.74 Å². The number of benzene rings is 2. The average molecular weight is 397 g/mol. The highest BCUT2D eigenvalue weighted by Gasteiger charge is 2.23. The summed E-state index contributed by atoms with van der Waals surface area (Å²) in [6, 6.07) is 15.4. The third-order valence-corrected chi connectivity index (χ3v) is 5.43. The van der Waals surface area contributed by atoms with Gasteiger partial charge in [-0.1, -0.05) is 48.0 Å². The molecule has 0 unspecified atom stereocenters. The van der Waals surface area contributed by atoms with E-state index < -0.39 is 16.0 Å². The minimum absolute atomic E-state index is 0.0951. The van der Waals surface area contributed by atoms with Gasteiger partial charge in [0, 0.05) is 5.56 Å². The molecule has 144 valence electrons. The minimum atomic E-state index is -3.88. The second kappa shape index (κ2) is 7.77. The van der Waals surface area contributed by atoms with Crippen molar-refractivity contribution in [1.29, 1.82) is 0 Å². The number of sulfonamides is 1. The first-order valence-corrected chi connectivity index (χ1v) is 9.92. The zero-order chi connectivity index (χ0) is 20.3. The highest BCUT2D eigenvalue weighted by molar-refractivity contribution is 7.92. The molecule has 0 saturated heterocycles. The van der Waals surface area contributed by atoms with Gasteiger partial charge in [0.15, 0.2) is 0 Å². The average Bonchev–Trinajstić information content (AvgIpc) is 2.67. The van der Waals surface area contributed by atoms with Crippen LogP contribution in [0.1, 0.15) is 21.6 Å². The summed E-state index contributed by atoms with van der Waals surface area (Å²) >= 11 is 0. The van der Waals surface area contributed by atoms with Crippen molar-refractivity contribution >= 4 is 21.9 Å². The van der Waals surface area contributed by atoms with Crippen molar-refractivity contribution in [3.8, 4) is 11.3 Å². The van der Waals surface area contributed by atoms with Crippen LogP contribution in [0.3, 0.4) is 0 Å². The Bertz CT molecular complexity index is 1110. The van der Waals surface area contributed by atoms with E-state index in [1.165, 1.54) is 19.2 Å². The lowest BCUT2D eigenvalue weighted by Gasteiger charge is -2.13. The summed E-state index contributed by atoms with van der Waals surface area (Å²) in [4.78, 5) is 20.8. The number of hydrogen-bond donors (Lipinski definition) is 1. The van der Waals surface area contributed by atoms with Gasteiger partial charge in [0.1, 0.15) is 5.56 Å². The summed E-state index contributed by atoms with van der Waals surface area (Å²) in [5.74, 6) is -0.714. The Labute approximate surface area is 163 Å². The number of ether oxygens (including phenoxy) is 1. The zero-order valence-electron chi connectivity index (χ0n) is 15.6. The number of aryl methyl sites for hydroxylation is 2. The monoisotopic (exact) mass is 397 g/mol. The summed E-state index contributed by atoms with van der Waals surface area (Å²) in [7, 11) is -2.61. The number of anilines is 1. The summed E-state index contributed by atoms with van der Waals surface area (Å²) in [6.45, 7) is 3.47. The molecule has 8 heteroatoms. The Morgan fingerprint density at radius 2 is 1.61 bits per heavy atom. The molecule has 3 aromatic rings. The van der Waals surface area contributed by atoms with Gasteiger partial charge in [-0.15, -0.1) is 0 Å². The first-order valence-electron chi connectivity index (χ1n) is 8.43. The van der Waals surface area contributed by atoms with Crippen molar-refractivity contribution in [2.75, 3.05) is 11.8 Å². The smallest absolute Gasteiger partial charge is 0.341 e. The van der Waals surface area contributed by atoms with Crippen molar-refractivity contribution in [2.45, 2.75) is 18.7 Å². The fraction of sp³-hybridized carbons (Fsp3) is 0.150. The van der Waals surface area contributed by atoms with Gasteiger partial charge >= 0.3 is 5.97 Å². The standard InChI is InChI=1S/C20H19N3O4S/c1-13-9-11-16(12-10-13)28(25,26)23-20-21-14(2)17(19(24)27-3)18(22-20)15-7-5-4-6-8-15/h4-12H,1-3H3,(H,21,22,23). The molecule has 28 heavy (non-hydrogen) atoms. The molecule has 0 amide bonds. The first-order chi connectivity index (χ1) is 13.3. The molecule has 1 heterocycles. The van der Waals surface area contributed by atoms with E-state index in [9.17, 15) is 13.2 Å². The summed E-state index contributed by atoms with van der Waals surface area (Å²) in [5.41, 5.74) is 2.37. The fourth-order valence-electron chi connectivity index (χ4n) is 2.67. The maximum atomic E-state index is 12.7. The van der Waals surface area contributed by atoms with Gasteiger partial charge in [-0.3, -0.25) is 0 Å². The number of esters is 1. The van der Waals surface area contributed by atoms with Crippen molar-refractivity contribution in [1.82, 2.24) is 9.97 Å². The van der Waals surface area contributed by atoms with Gasteiger partial charge in [0.05, 0.1) is 23.4 Å². The second-order valence-corrected chi connectivity index (χ2v) is 7.81. The van der Waals surface area contributed by atoms with Crippen LogP contribution in [-0.2, 0) is 14.8 Å². The third kappa shape index (κ3) is 4.01. The lowest BCUT2D eigenvalue weighted by molar-refractivity contribution is 0.0600. The van der Waals surface area contributed by atoms with Gasteiger partial charge in [-0.25, -0.2) is 27.9 Å². The molecule has 0 spiro atoms. The van der Waals surface area contributed by atoms with Crippen LogP contribution in [0.5, 0.6) is 0 Å². The second-order valence-electron chi connectivity index (χ2n) is 6.13. The number of nitrogens with one attached hydrogen (secondary N) is 1. The van der Waals surface area contributed by atoms with Crippen molar-refractivity contribution in [3.63, 3.8) is 0 Å². The van der Waals surface area contributed by atoms with E-state index in [4.69, 9.17) is 4.74 Å². The van der Waals surface area contributed by atoms with Crippen LogP contribution >= 0.6 is 0 Å². The fourth-order valence-corrected chi connectivity index (χ4v) is 3.61. The van der Waals surface area contributed by atoms with E-state index in [1.807, 2.05) is 13.0 Å². The number of nitrogens with zero attached hydrogens (tertiary/aromatic N) is 2. The van der Waals surface area contributed by atoms with Crippen LogP contribution in [-0.4, -0.2) is 31.5 Å². The molecule has 0 atom stereocenters. The SMILES string of the molecule is COC(=O)c1c(C)nc(NS(=O)(=O)c2ccc(C)cc2)nc1-c1ccccc1. The number of aromatic nitrogens is 2. The van der Waals surface area contributed by atoms with Gasteiger partial charge in [0.2, 0.25) is 5.95 Å². The Morgan fingerprint density at radius 1 is 0.964 bits per heavy atom. The van der Waals surface area contributed by atoms with E-state index in [0.29, 0.717) is 17.0 Å². The van der Waals surface area contributed by atoms with E-state index in [1.54, 1.807) is 43.3 Å². The maximum Gasteiger partial charge on any atom is 0.341 e. The molecule has 3 rings (SSSR count). The van der Waals surface area contributed by atoms with Gasteiger partial charge in [-0.2, -0.15) is 0 Å². The molecule has 0 fully saturated rings. The van der Waals surface area contributed by atoms with Crippen LogP contribution in [0.4, 0.5) is 5.95 Å². The van der Waals surface area contributed by atoms with Crippen LogP contribution in [0, 0.1) is 13.8 Å². The Balaban J connectivity index is 2.09. The number of rotatable bonds is 5. The number of carbonyl (C=O) groups is 1. The van der Waals surface area contributed by atoms with Crippen molar-refractivity contribution in [3.05, 3.63) is 71.4 Å². The molecule has 0 aliphatic rings. The maximum absolute atomic E-state index is 12.7. The Hall–Kier alpha value is -3.26. The van der Waals surface area contributed by atoms with Gasteiger partial charge in [0.25, 0.3) is 10.0 Å². The predicted octanol–water partition coefficient (Wildman–Crippen LogP) is 3.35. The number of hydrogen-bond acceptors (Lipinski definition) is 6. The molecule has 2 aromatic carbocycles. The number of carbonyl (C=O) groups excluding carboxylic acids is 1. The summed E-state index contributed by atoms with van der Waals surface area (Å²) < 4.78 is 32.6. The van der Waals surface area contributed by atoms with E-state index in [0.717, 1.165) is 5.56 Å². The quantitative estimate of drug-likeness (QED) is 0.663. The molecular formula is C20H19N3O4S. The van der Waals surface area contributed by atoms with Crippen LogP contribution in [0.15, 0.2) is 59.5 Å². The molecule has 0 bridgehead atoms. The molecule has 1 aromatic heterocycles. The molecular weight excluding hydrogens is 378 g/mol. The molecule has 0 aliphatic heterocycles. The Kier molecular flexibility index (Phi) is 5.41. The topological polar surface area (TPSA) is 98.2 Å². The Morgan fingerprint density at radius 3 is 2.21 bits per heavy atom. The lowest BCUT2D eigenvalue weighted by atomic mass is 10.0. The largest absolute Gasteiger partial charge is 0.465 e. The third-order valence-electron chi connectivity index (χ3n) is 4.08. The van der Waals surface area contributed by atoms with E-state index in [-0.39, 0.29) is 16.4 Å². The van der Waals surface area contributed by atoms with E-state index >= 15 is 0 Å². The van der Waals surface area contributed by atoms with Crippen LogP contribution < -0.4 is 4.72 Å². The predicted molar refractivity (Wildman–Crippen MR) is 106 cm³/mol. The van der Waals surface area contributed by atoms with E-state index in [2.05, 4.69) is 14.7 Å². The molecule has 0 saturated carbocycles. The minimum Gasteiger partial charge on any atom is -0.465 e. The first kappa shape index (κ1) is 19.5. The number of methoxy groups -OCH3 is 1. The molecule has 0 aliphatic carbocycles. The van der Waals surface area contributed by atoms with Crippen molar-refractivity contribution < 1.29 is 17.9 Å².